The molecule has 33 heavy (non-hydrogen) atoms. The van der Waals surface area contributed by atoms with Crippen LogP contribution in [0.3, 0.4) is 0 Å². The maximum Gasteiger partial charge on any atom is 0.250 e. The number of carbonyl (C=O) groups excluding carboxylic acids is 2. The van der Waals surface area contributed by atoms with Gasteiger partial charge in [0.15, 0.2) is 11.6 Å². The molecule has 5 heterocycles. The first-order valence-electron chi connectivity index (χ1n) is 11.3. The summed E-state index contributed by atoms with van der Waals surface area (Å²) in [7, 11) is 0. The Hall–Kier alpha value is -3.21. The van der Waals surface area contributed by atoms with Crippen molar-refractivity contribution in [2.75, 3.05) is 36.0 Å². The molecule has 11 heteroatoms. The van der Waals surface area contributed by atoms with Gasteiger partial charge in [-0.1, -0.05) is 0 Å². The number of anilines is 2. The molecule has 2 aromatic heterocycles. The summed E-state index contributed by atoms with van der Waals surface area (Å²) in [6, 6.07) is -0.232. The Morgan fingerprint density at radius 1 is 1.09 bits per heavy atom. The van der Waals surface area contributed by atoms with Gasteiger partial charge in [0.25, 0.3) is 0 Å². The summed E-state index contributed by atoms with van der Waals surface area (Å²) >= 11 is 0. The van der Waals surface area contributed by atoms with Gasteiger partial charge < -0.3 is 4.90 Å². The lowest BCUT2D eigenvalue weighted by Crippen LogP contribution is -2.42. The van der Waals surface area contributed by atoms with Crippen LogP contribution in [0.2, 0.25) is 0 Å². The number of halogens is 1. The van der Waals surface area contributed by atoms with E-state index in [0.717, 1.165) is 17.6 Å². The van der Waals surface area contributed by atoms with Crippen molar-refractivity contribution in [3.63, 3.8) is 0 Å². The summed E-state index contributed by atoms with van der Waals surface area (Å²) in [6.45, 7) is 3.91. The largest absolute Gasteiger partial charge is 0.341 e. The number of nitrogens with zero attached hydrogens (tertiary/aromatic N) is 7. The van der Waals surface area contributed by atoms with Crippen LogP contribution in [0, 0.1) is 18.7 Å². The second-order valence-corrected chi connectivity index (χ2v) is 8.64. The fraction of sp³-hybridized carbons (Fsp3) is 0.545. The van der Waals surface area contributed by atoms with E-state index >= 15 is 0 Å². The summed E-state index contributed by atoms with van der Waals surface area (Å²) in [5, 5.41) is 1.46. The van der Waals surface area contributed by atoms with Gasteiger partial charge in [0.05, 0.1) is 30.4 Å². The van der Waals surface area contributed by atoms with E-state index in [-0.39, 0.29) is 29.6 Å². The van der Waals surface area contributed by atoms with Gasteiger partial charge in [0.2, 0.25) is 17.8 Å². The third kappa shape index (κ3) is 4.24. The van der Waals surface area contributed by atoms with Crippen LogP contribution in [0.15, 0.2) is 18.6 Å². The maximum atomic E-state index is 14.3. The number of aryl methyl sites for hydroxylation is 1. The second-order valence-electron chi connectivity index (χ2n) is 8.64. The molecule has 3 saturated heterocycles. The van der Waals surface area contributed by atoms with E-state index in [0.29, 0.717) is 64.3 Å². The highest BCUT2D eigenvalue weighted by Crippen LogP contribution is 2.33. The molecule has 1 atom stereocenters. The van der Waals surface area contributed by atoms with Crippen LogP contribution in [-0.2, 0) is 14.4 Å². The zero-order chi connectivity index (χ0) is 22.9. The third-order valence-electron chi connectivity index (χ3n) is 6.43. The summed E-state index contributed by atoms with van der Waals surface area (Å²) in [4.78, 5) is 51.4. The molecule has 0 spiro atoms. The number of piperidine rings is 1. The van der Waals surface area contributed by atoms with Crippen LogP contribution < -0.4 is 9.80 Å². The maximum absolute atomic E-state index is 14.3. The van der Waals surface area contributed by atoms with E-state index in [1.54, 1.807) is 12.4 Å². The lowest BCUT2D eigenvalue weighted by molar-refractivity contribution is -0.182. The zero-order valence-electron chi connectivity index (χ0n) is 18.5. The molecule has 0 aliphatic carbocycles. The van der Waals surface area contributed by atoms with E-state index in [4.69, 9.17) is 4.84 Å². The van der Waals surface area contributed by atoms with Crippen molar-refractivity contribution in [2.45, 2.75) is 45.1 Å². The Kier molecular flexibility index (Phi) is 5.88. The monoisotopic (exact) mass is 455 g/mol. The zero-order valence-corrected chi connectivity index (χ0v) is 18.5. The van der Waals surface area contributed by atoms with Gasteiger partial charge in [-0.25, -0.2) is 14.4 Å². The first-order valence-corrected chi connectivity index (χ1v) is 11.3. The van der Waals surface area contributed by atoms with Crippen LogP contribution in [0.25, 0.3) is 0 Å². The lowest BCUT2D eigenvalue weighted by Gasteiger charge is -2.34. The van der Waals surface area contributed by atoms with Crippen molar-refractivity contribution in [3.8, 4) is 0 Å². The summed E-state index contributed by atoms with van der Waals surface area (Å²) in [6.07, 6.45) is 7.50. The first kappa shape index (κ1) is 21.6. The number of hydroxylamine groups is 2. The van der Waals surface area contributed by atoms with E-state index in [1.807, 2.05) is 11.8 Å². The van der Waals surface area contributed by atoms with Crippen LogP contribution in [0.1, 0.15) is 49.5 Å². The van der Waals surface area contributed by atoms with Crippen molar-refractivity contribution < 1.29 is 18.8 Å². The SMILES string of the molecule is Cc1cnc([C@@H]2CCON2C(=O)C2CCN(c3ncc(F)c(N4CCCC4=O)n3)CC2)cn1. The normalized spacial score (nSPS) is 21.8. The molecule has 3 fully saturated rings. The van der Waals surface area contributed by atoms with E-state index in [1.165, 1.54) is 9.96 Å². The predicted molar refractivity (Wildman–Crippen MR) is 115 cm³/mol. The third-order valence-corrected chi connectivity index (χ3v) is 6.43. The van der Waals surface area contributed by atoms with Crippen molar-refractivity contribution >= 4 is 23.6 Å². The molecule has 3 aliphatic heterocycles. The summed E-state index contributed by atoms with van der Waals surface area (Å²) in [5.41, 5.74) is 1.55. The standard InChI is InChI=1S/C22H26FN7O3/c1-14-11-25-17(13-24-14)18-6-10-33-30(18)21(32)15-4-8-28(9-5-15)22-26-12-16(23)20(27-22)29-7-2-3-19(29)31/h11-13,15,18H,2-10H2,1H3/t18-/m0/s1. The number of hydrogen-bond acceptors (Lipinski definition) is 8. The topological polar surface area (TPSA) is 105 Å². The predicted octanol–water partition coefficient (Wildman–Crippen LogP) is 1.96. The molecule has 0 radical (unpaired) electrons. The molecule has 174 valence electrons. The van der Waals surface area contributed by atoms with Gasteiger partial charge in [0.1, 0.15) is 6.04 Å². The van der Waals surface area contributed by atoms with Gasteiger partial charge in [-0.05, 0) is 26.2 Å². The fourth-order valence-corrected chi connectivity index (χ4v) is 4.60. The highest BCUT2D eigenvalue weighted by atomic mass is 19.1. The Morgan fingerprint density at radius 3 is 2.61 bits per heavy atom. The molecule has 2 aromatic rings. The van der Waals surface area contributed by atoms with Gasteiger partial charge in [-0.3, -0.25) is 29.3 Å². The molecule has 3 aliphatic rings. The van der Waals surface area contributed by atoms with Crippen LogP contribution in [0.5, 0.6) is 0 Å². The molecule has 5 rings (SSSR count). The number of amides is 2. The number of aromatic nitrogens is 4. The van der Waals surface area contributed by atoms with Crippen LogP contribution >= 0.6 is 0 Å². The Morgan fingerprint density at radius 2 is 1.91 bits per heavy atom. The van der Waals surface area contributed by atoms with Crippen molar-refractivity contribution in [2.24, 2.45) is 5.92 Å². The summed E-state index contributed by atoms with van der Waals surface area (Å²) < 4.78 is 14.3. The lowest BCUT2D eigenvalue weighted by atomic mass is 9.95. The van der Waals surface area contributed by atoms with Crippen LogP contribution in [-0.4, -0.2) is 63.1 Å². The van der Waals surface area contributed by atoms with Gasteiger partial charge in [-0.2, -0.15) is 4.98 Å². The Balaban J connectivity index is 1.24. The molecule has 0 N–H and O–H groups in total. The molecular formula is C22H26FN7O3. The molecule has 0 bridgehead atoms. The second kappa shape index (κ2) is 8.97. The van der Waals surface area contributed by atoms with Gasteiger partial charge >= 0.3 is 0 Å². The van der Waals surface area contributed by atoms with E-state index in [9.17, 15) is 14.0 Å². The first-order chi connectivity index (χ1) is 16.0. The molecule has 0 unspecified atom stereocenters. The average molecular weight is 455 g/mol. The minimum atomic E-state index is -0.601. The average Bonchev–Trinajstić information content (AvgIpc) is 3.49. The smallest absolute Gasteiger partial charge is 0.250 e. The molecule has 0 aromatic carbocycles. The van der Waals surface area contributed by atoms with Gasteiger partial charge in [-0.15, -0.1) is 0 Å². The number of rotatable bonds is 4. The molecular weight excluding hydrogens is 429 g/mol. The van der Waals surface area contributed by atoms with Crippen molar-refractivity contribution in [1.82, 2.24) is 25.0 Å². The Labute approximate surface area is 190 Å². The Bertz CT molecular complexity index is 1040. The number of hydrogen-bond donors (Lipinski definition) is 0. The minimum absolute atomic E-state index is 0.0354. The van der Waals surface area contributed by atoms with Crippen molar-refractivity contribution in [3.05, 3.63) is 35.8 Å². The number of carbonyl (C=O) groups is 2. The molecule has 2 amide bonds. The molecule has 10 nitrogen and oxygen atoms in total. The van der Waals surface area contributed by atoms with E-state index in [2.05, 4.69) is 19.9 Å². The van der Waals surface area contributed by atoms with E-state index < -0.39 is 5.82 Å². The highest BCUT2D eigenvalue weighted by Gasteiger charge is 2.38. The minimum Gasteiger partial charge on any atom is -0.341 e. The summed E-state index contributed by atoms with van der Waals surface area (Å²) in [5.74, 6) is -0.560. The quantitative estimate of drug-likeness (QED) is 0.689. The van der Waals surface area contributed by atoms with Gasteiger partial charge in [0, 0.05) is 44.6 Å². The van der Waals surface area contributed by atoms with Crippen molar-refractivity contribution in [1.29, 1.82) is 0 Å². The van der Waals surface area contributed by atoms with Crippen LogP contribution in [0.4, 0.5) is 16.2 Å². The highest BCUT2D eigenvalue weighted by molar-refractivity contribution is 5.94. The fourth-order valence-electron chi connectivity index (χ4n) is 4.60. The molecule has 0 saturated carbocycles.